The number of aliphatic carboxylic acids is 1. The first-order valence-electron chi connectivity index (χ1n) is 6.74. The smallest absolute Gasteiger partial charge is 0.326 e. The summed E-state index contributed by atoms with van der Waals surface area (Å²) in [6, 6.07) is 6.07. The number of rotatable bonds is 2. The van der Waals surface area contributed by atoms with E-state index in [9.17, 15) is 14.4 Å². The molecule has 0 spiro atoms. The van der Waals surface area contributed by atoms with E-state index in [1.54, 1.807) is 25.2 Å². The van der Waals surface area contributed by atoms with Crippen molar-refractivity contribution in [1.29, 1.82) is 0 Å². The van der Waals surface area contributed by atoms with E-state index in [0.717, 1.165) is 16.7 Å². The Morgan fingerprint density at radius 1 is 1.26 bits per heavy atom. The number of amides is 2. The van der Waals surface area contributed by atoms with E-state index >= 15 is 0 Å². The lowest BCUT2D eigenvalue weighted by Crippen LogP contribution is -2.41. The second kappa shape index (κ2) is 5.47. The molecule has 0 aliphatic carbocycles. The van der Waals surface area contributed by atoms with Crippen LogP contribution in [0.1, 0.15) is 12.5 Å². The molecule has 8 heteroatoms. The van der Waals surface area contributed by atoms with Gasteiger partial charge >= 0.3 is 5.97 Å². The Hall–Kier alpha value is -2.19. The number of carbonyl (C=O) groups excluding carboxylic acids is 2. The third-order valence-corrected chi connectivity index (χ3v) is 5.22. The number of nitrogens with zero attached hydrogens (tertiary/aromatic N) is 2. The van der Waals surface area contributed by atoms with Crippen LogP contribution in [0, 0.1) is 0 Å². The summed E-state index contributed by atoms with van der Waals surface area (Å²) < 4.78 is 0.146. The minimum atomic E-state index is -1.15. The maximum absolute atomic E-state index is 12.6. The van der Waals surface area contributed by atoms with Crippen LogP contribution in [0.5, 0.6) is 0 Å². The van der Waals surface area contributed by atoms with Crippen molar-refractivity contribution in [2.45, 2.75) is 13.0 Å². The Bertz CT molecular complexity index is 802. The second-order valence-corrected chi connectivity index (χ2v) is 6.79. The molecule has 23 heavy (non-hydrogen) atoms. The van der Waals surface area contributed by atoms with Crippen LogP contribution in [-0.4, -0.2) is 45.2 Å². The molecule has 0 radical (unpaired) electrons. The van der Waals surface area contributed by atoms with Crippen molar-refractivity contribution < 1.29 is 19.5 Å². The summed E-state index contributed by atoms with van der Waals surface area (Å²) in [6.45, 7) is 1.39. The average Bonchev–Trinajstić information content (AvgIpc) is 2.94. The Labute approximate surface area is 141 Å². The molecular weight excluding hydrogens is 336 g/mol. The zero-order valence-electron chi connectivity index (χ0n) is 12.3. The minimum absolute atomic E-state index is 0.146. The van der Waals surface area contributed by atoms with Gasteiger partial charge in [-0.15, -0.1) is 0 Å². The van der Waals surface area contributed by atoms with Crippen LogP contribution in [0.3, 0.4) is 0 Å². The molecular formula is C15H12N2O4S2. The standard InChI is InChI=1S/C15H12N2O4S2/c1-7(14(20)21)17-13(19)11(23-15(17)22)10-8-5-3-4-6-9(8)16(2)12(10)18/h3-7H,1-2H3,(H,20,21)/b11-10-/t7-/m0/s1. The maximum Gasteiger partial charge on any atom is 0.326 e. The summed E-state index contributed by atoms with van der Waals surface area (Å²) in [5.74, 6) is -1.99. The first-order valence-corrected chi connectivity index (χ1v) is 7.97. The fraction of sp³-hybridized carbons (Fsp3) is 0.200. The van der Waals surface area contributed by atoms with Crippen LogP contribution in [0.2, 0.25) is 0 Å². The molecule has 2 amide bonds. The van der Waals surface area contributed by atoms with Crippen LogP contribution in [0.15, 0.2) is 29.2 Å². The molecule has 118 valence electrons. The number of thioether (sulfide) groups is 1. The zero-order chi connectivity index (χ0) is 16.9. The van der Waals surface area contributed by atoms with E-state index in [4.69, 9.17) is 17.3 Å². The number of carboxylic acid groups (broad SMARTS) is 1. The largest absolute Gasteiger partial charge is 0.480 e. The maximum atomic E-state index is 12.6. The van der Waals surface area contributed by atoms with E-state index in [1.807, 2.05) is 6.07 Å². The van der Waals surface area contributed by atoms with Gasteiger partial charge in [0.1, 0.15) is 10.4 Å². The number of likely N-dealkylation sites (N-methyl/N-ethyl adjacent to an activating group) is 1. The molecule has 0 aromatic heterocycles. The SMILES string of the molecule is C[C@@H](C(=O)O)N1C(=O)/C(=C2/C(=O)N(C)c3ccccc32)SC1=S. The predicted molar refractivity (Wildman–Crippen MR) is 90.9 cm³/mol. The van der Waals surface area contributed by atoms with Gasteiger partial charge in [-0.25, -0.2) is 4.79 Å². The summed E-state index contributed by atoms with van der Waals surface area (Å²) in [6.07, 6.45) is 0. The fourth-order valence-electron chi connectivity index (χ4n) is 2.56. The highest BCUT2D eigenvalue weighted by Crippen LogP contribution is 2.44. The van der Waals surface area contributed by atoms with Crippen LogP contribution in [0.4, 0.5) is 5.69 Å². The summed E-state index contributed by atoms with van der Waals surface area (Å²) in [7, 11) is 1.63. The second-order valence-electron chi connectivity index (χ2n) is 5.14. The van der Waals surface area contributed by atoms with E-state index in [0.29, 0.717) is 11.3 Å². The van der Waals surface area contributed by atoms with Crippen molar-refractivity contribution in [1.82, 2.24) is 4.90 Å². The van der Waals surface area contributed by atoms with Crippen LogP contribution < -0.4 is 4.90 Å². The van der Waals surface area contributed by atoms with Gasteiger partial charge in [0.15, 0.2) is 0 Å². The minimum Gasteiger partial charge on any atom is -0.480 e. The van der Waals surface area contributed by atoms with Crippen LogP contribution in [-0.2, 0) is 14.4 Å². The third-order valence-electron chi connectivity index (χ3n) is 3.82. The van der Waals surface area contributed by atoms with Gasteiger partial charge in [-0.05, 0) is 13.0 Å². The lowest BCUT2D eigenvalue weighted by Gasteiger charge is -2.18. The lowest BCUT2D eigenvalue weighted by molar-refractivity contribution is -0.144. The highest BCUT2D eigenvalue weighted by atomic mass is 32.2. The first-order chi connectivity index (χ1) is 10.8. The molecule has 1 N–H and O–H groups in total. The van der Waals surface area contributed by atoms with E-state index < -0.39 is 17.9 Å². The molecule has 6 nitrogen and oxygen atoms in total. The summed E-state index contributed by atoms with van der Waals surface area (Å²) >= 11 is 6.11. The van der Waals surface area contributed by atoms with Crippen molar-refractivity contribution >= 4 is 57.3 Å². The lowest BCUT2D eigenvalue weighted by atomic mass is 10.1. The van der Waals surface area contributed by atoms with Gasteiger partial charge in [-0.1, -0.05) is 42.2 Å². The van der Waals surface area contributed by atoms with Gasteiger partial charge < -0.3 is 10.0 Å². The summed E-state index contributed by atoms with van der Waals surface area (Å²) in [5, 5.41) is 9.13. The number of carbonyl (C=O) groups is 3. The van der Waals surface area contributed by atoms with Crippen molar-refractivity contribution in [2.24, 2.45) is 0 Å². The predicted octanol–water partition coefficient (Wildman–Crippen LogP) is 1.71. The van der Waals surface area contributed by atoms with E-state index in [2.05, 4.69) is 0 Å². The number of para-hydroxylation sites is 1. The normalized spacial score (nSPS) is 21.9. The van der Waals surface area contributed by atoms with Gasteiger partial charge in [0, 0.05) is 12.6 Å². The molecule has 2 aliphatic rings. The Kier molecular flexibility index (Phi) is 3.73. The Morgan fingerprint density at radius 3 is 2.57 bits per heavy atom. The molecule has 1 aromatic carbocycles. The summed E-state index contributed by atoms with van der Waals surface area (Å²) in [4.78, 5) is 39.0. The molecule has 1 atom stereocenters. The average molecular weight is 348 g/mol. The molecule has 1 fully saturated rings. The first kappa shape index (κ1) is 15.7. The number of hydrogen-bond donors (Lipinski definition) is 1. The molecule has 0 unspecified atom stereocenters. The number of anilines is 1. The number of carboxylic acids is 1. The number of benzene rings is 1. The third kappa shape index (κ3) is 2.25. The van der Waals surface area contributed by atoms with Crippen molar-refractivity contribution in [3.8, 4) is 0 Å². The molecule has 0 bridgehead atoms. The van der Waals surface area contributed by atoms with Crippen LogP contribution >= 0.6 is 24.0 Å². The van der Waals surface area contributed by atoms with Gasteiger partial charge in [0.25, 0.3) is 11.8 Å². The Balaban J connectivity index is 2.14. The molecule has 2 aliphatic heterocycles. The number of thiocarbonyl (C=S) groups is 1. The van der Waals surface area contributed by atoms with Crippen molar-refractivity contribution in [3.63, 3.8) is 0 Å². The van der Waals surface area contributed by atoms with E-state index in [-0.39, 0.29) is 20.7 Å². The fourth-order valence-corrected chi connectivity index (χ4v) is 4.05. The number of fused-ring (bicyclic) bond motifs is 1. The molecule has 0 saturated carbocycles. The Morgan fingerprint density at radius 2 is 1.91 bits per heavy atom. The zero-order valence-corrected chi connectivity index (χ0v) is 13.9. The highest BCUT2D eigenvalue weighted by molar-refractivity contribution is 8.26. The molecule has 1 aromatic rings. The van der Waals surface area contributed by atoms with Gasteiger partial charge in [-0.2, -0.15) is 0 Å². The van der Waals surface area contributed by atoms with Crippen molar-refractivity contribution in [3.05, 3.63) is 34.7 Å². The van der Waals surface area contributed by atoms with Crippen LogP contribution in [0.25, 0.3) is 5.57 Å². The van der Waals surface area contributed by atoms with E-state index in [1.165, 1.54) is 11.8 Å². The van der Waals surface area contributed by atoms with Gasteiger partial charge in [-0.3, -0.25) is 14.5 Å². The van der Waals surface area contributed by atoms with Crippen molar-refractivity contribution in [2.75, 3.05) is 11.9 Å². The summed E-state index contributed by atoms with van der Waals surface area (Å²) in [5.41, 5.74) is 1.65. The van der Waals surface area contributed by atoms with Gasteiger partial charge in [0.05, 0.1) is 16.2 Å². The topological polar surface area (TPSA) is 77.9 Å². The monoisotopic (exact) mass is 348 g/mol. The molecule has 1 saturated heterocycles. The number of hydrogen-bond acceptors (Lipinski definition) is 5. The molecule has 2 heterocycles. The quantitative estimate of drug-likeness (QED) is 0.648. The van der Waals surface area contributed by atoms with Gasteiger partial charge in [0.2, 0.25) is 0 Å². The molecule has 3 rings (SSSR count). The highest BCUT2D eigenvalue weighted by Gasteiger charge is 2.43.